The van der Waals surface area contributed by atoms with E-state index in [-0.39, 0.29) is 12.0 Å². The lowest BCUT2D eigenvalue weighted by atomic mass is 10.1. The Labute approximate surface area is 120 Å². The highest BCUT2D eigenvalue weighted by atomic mass is 16.5. The van der Waals surface area contributed by atoms with E-state index in [4.69, 9.17) is 15.2 Å². The Hall–Kier alpha value is -1.59. The fraction of sp³-hybridized carbons (Fsp3) is 0.533. The molecule has 0 aromatic heterocycles. The molecule has 1 atom stereocenters. The number of aryl methyl sites for hydroxylation is 1. The second-order valence-corrected chi connectivity index (χ2v) is 4.85. The van der Waals surface area contributed by atoms with E-state index < -0.39 is 0 Å². The van der Waals surface area contributed by atoms with Crippen LogP contribution in [0, 0.1) is 6.92 Å². The van der Waals surface area contributed by atoms with Gasteiger partial charge < -0.3 is 20.1 Å². The maximum Gasteiger partial charge on any atom is 0.225 e. The van der Waals surface area contributed by atoms with Crippen molar-refractivity contribution >= 4 is 5.91 Å². The predicted molar refractivity (Wildman–Crippen MR) is 78.7 cm³/mol. The lowest BCUT2D eigenvalue weighted by molar-refractivity contribution is -0.132. The number of hydrogen-bond acceptors (Lipinski definition) is 4. The maximum absolute atomic E-state index is 12.0. The summed E-state index contributed by atoms with van der Waals surface area (Å²) in [7, 11) is 5.00. The molecule has 1 aromatic carbocycles. The molecule has 0 fully saturated rings. The van der Waals surface area contributed by atoms with E-state index in [1.165, 1.54) is 0 Å². The number of rotatable bonds is 7. The second kappa shape index (κ2) is 7.87. The molecule has 0 radical (unpaired) electrons. The van der Waals surface area contributed by atoms with Crippen molar-refractivity contribution in [3.63, 3.8) is 0 Å². The highest BCUT2D eigenvalue weighted by Crippen LogP contribution is 2.19. The summed E-state index contributed by atoms with van der Waals surface area (Å²) in [6.45, 7) is 2.89. The van der Waals surface area contributed by atoms with Crippen LogP contribution in [-0.4, -0.2) is 44.7 Å². The summed E-state index contributed by atoms with van der Waals surface area (Å²) in [6, 6.07) is 5.91. The first-order chi connectivity index (χ1) is 9.51. The Morgan fingerprint density at radius 2 is 2.10 bits per heavy atom. The van der Waals surface area contributed by atoms with Crippen LogP contribution in [0.5, 0.6) is 5.75 Å². The highest BCUT2D eigenvalue weighted by molar-refractivity contribution is 5.76. The number of amides is 1. The van der Waals surface area contributed by atoms with Gasteiger partial charge in [-0.3, -0.25) is 4.79 Å². The van der Waals surface area contributed by atoms with Gasteiger partial charge in [-0.1, -0.05) is 12.1 Å². The molecular weight excluding hydrogens is 256 g/mol. The molecule has 0 aliphatic rings. The van der Waals surface area contributed by atoms with Crippen molar-refractivity contribution in [1.82, 2.24) is 4.90 Å². The molecule has 0 saturated heterocycles. The zero-order valence-corrected chi connectivity index (χ0v) is 12.7. The van der Waals surface area contributed by atoms with E-state index >= 15 is 0 Å². The van der Waals surface area contributed by atoms with Crippen molar-refractivity contribution in [2.75, 3.05) is 27.8 Å². The summed E-state index contributed by atoms with van der Waals surface area (Å²) in [5.74, 6) is 0.876. The highest BCUT2D eigenvalue weighted by Gasteiger charge is 2.15. The van der Waals surface area contributed by atoms with Crippen molar-refractivity contribution in [1.29, 1.82) is 0 Å². The summed E-state index contributed by atoms with van der Waals surface area (Å²) < 4.78 is 10.4. The van der Waals surface area contributed by atoms with E-state index in [0.29, 0.717) is 19.5 Å². The monoisotopic (exact) mass is 280 g/mol. The summed E-state index contributed by atoms with van der Waals surface area (Å²) in [5.41, 5.74) is 7.65. The lowest BCUT2D eigenvalue weighted by Crippen LogP contribution is -2.33. The van der Waals surface area contributed by atoms with Crippen LogP contribution in [0.25, 0.3) is 0 Å². The predicted octanol–water partition coefficient (Wildman–Crippen LogP) is 1.33. The molecule has 5 heteroatoms. The SMILES string of the molecule is COc1ccc(CN(C)C(=O)CC(CN)OC)cc1C. The minimum Gasteiger partial charge on any atom is -0.496 e. The number of ether oxygens (including phenoxy) is 2. The largest absolute Gasteiger partial charge is 0.496 e. The van der Waals surface area contributed by atoms with Crippen LogP contribution in [0.15, 0.2) is 18.2 Å². The average Bonchev–Trinajstić information content (AvgIpc) is 2.44. The molecule has 112 valence electrons. The fourth-order valence-corrected chi connectivity index (χ4v) is 2.01. The van der Waals surface area contributed by atoms with Crippen molar-refractivity contribution in [2.45, 2.75) is 26.0 Å². The Bertz CT molecular complexity index is 445. The van der Waals surface area contributed by atoms with Crippen LogP contribution in [0.1, 0.15) is 17.5 Å². The molecule has 1 aromatic rings. The number of nitrogens with two attached hydrogens (primary N) is 1. The van der Waals surface area contributed by atoms with Gasteiger partial charge in [0.2, 0.25) is 5.91 Å². The number of methoxy groups -OCH3 is 2. The van der Waals surface area contributed by atoms with Gasteiger partial charge in [0.15, 0.2) is 0 Å². The standard InChI is InChI=1S/C15H24N2O3/c1-11-7-12(5-6-14(11)20-4)10-17(2)15(18)8-13(9-16)19-3/h5-7,13H,8-10,16H2,1-4H3. The van der Waals surface area contributed by atoms with E-state index in [1.807, 2.05) is 25.1 Å². The third-order valence-electron chi connectivity index (χ3n) is 3.30. The number of carbonyl (C=O) groups is 1. The molecular formula is C15H24N2O3. The van der Waals surface area contributed by atoms with Crippen molar-refractivity contribution in [2.24, 2.45) is 5.73 Å². The Morgan fingerprint density at radius 3 is 2.60 bits per heavy atom. The van der Waals surface area contributed by atoms with Gasteiger partial charge in [-0.2, -0.15) is 0 Å². The molecule has 1 rings (SSSR count). The molecule has 1 amide bonds. The number of nitrogens with zero attached hydrogens (tertiary/aromatic N) is 1. The van der Waals surface area contributed by atoms with Gasteiger partial charge in [0, 0.05) is 27.2 Å². The quantitative estimate of drug-likeness (QED) is 0.818. The molecule has 1 unspecified atom stereocenters. The molecule has 0 saturated carbocycles. The molecule has 0 heterocycles. The van der Waals surface area contributed by atoms with Crippen molar-refractivity contribution in [3.05, 3.63) is 29.3 Å². The first-order valence-corrected chi connectivity index (χ1v) is 6.62. The number of carbonyl (C=O) groups excluding carboxylic acids is 1. The molecule has 0 spiro atoms. The summed E-state index contributed by atoms with van der Waals surface area (Å²) in [4.78, 5) is 13.7. The van der Waals surface area contributed by atoms with Gasteiger partial charge in [-0.15, -0.1) is 0 Å². The molecule has 2 N–H and O–H groups in total. The summed E-state index contributed by atoms with van der Waals surface area (Å²) in [5, 5.41) is 0. The van der Waals surface area contributed by atoms with E-state index in [9.17, 15) is 4.79 Å². The minimum absolute atomic E-state index is 0.0239. The summed E-state index contributed by atoms with van der Waals surface area (Å²) >= 11 is 0. The molecule has 20 heavy (non-hydrogen) atoms. The normalized spacial score (nSPS) is 12.1. The zero-order valence-electron chi connectivity index (χ0n) is 12.7. The Kier molecular flexibility index (Phi) is 6.48. The van der Waals surface area contributed by atoms with Crippen LogP contribution in [0.4, 0.5) is 0 Å². The Balaban J connectivity index is 2.63. The Morgan fingerprint density at radius 1 is 1.40 bits per heavy atom. The topological polar surface area (TPSA) is 64.8 Å². The molecule has 0 bridgehead atoms. The van der Waals surface area contributed by atoms with Crippen LogP contribution < -0.4 is 10.5 Å². The van der Waals surface area contributed by atoms with E-state index in [0.717, 1.165) is 16.9 Å². The van der Waals surface area contributed by atoms with Gasteiger partial charge in [-0.05, 0) is 24.1 Å². The first-order valence-electron chi connectivity index (χ1n) is 6.62. The molecule has 0 aliphatic heterocycles. The van der Waals surface area contributed by atoms with Gasteiger partial charge in [0.25, 0.3) is 0 Å². The second-order valence-electron chi connectivity index (χ2n) is 4.85. The third-order valence-corrected chi connectivity index (χ3v) is 3.30. The number of benzene rings is 1. The maximum atomic E-state index is 12.0. The van der Waals surface area contributed by atoms with Crippen LogP contribution in [0.3, 0.4) is 0 Å². The van der Waals surface area contributed by atoms with Gasteiger partial charge in [0.05, 0.1) is 19.6 Å². The average molecular weight is 280 g/mol. The summed E-state index contributed by atoms with van der Waals surface area (Å²) in [6.07, 6.45) is 0.0843. The van der Waals surface area contributed by atoms with E-state index in [2.05, 4.69) is 0 Å². The number of hydrogen-bond donors (Lipinski definition) is 1. The first kappa shape index (κ1) is 16.5. The van der Waals surface area contributed by atoms with Gasteiger partial charge >= 0.3 is 0 Å². The van der Waals surface area contributed by atoms with Crippen LogP contribution in [-0.2, 0) is 16.1 Å². The fourth-order valence-electron chi connectivity index (χ4n) is 2.01. The third kappa shape index (κ3) is 4.51. The lowest BCUT2D eigenvalue weighted by Gasteiger charge is -2.20. The molecule has 0 aliphatic carbocycles. The minimum atomic E-state index is -0.220. The zero-order chi connectivity index (χ0) is 15.1. The smallest absolute Gasteiger partial charge is 0.225 e. The van der Waals surface area contributed by atoms with E-state index in [1.54, 1.807) is 26.2 Å². The van der Waals surface area contributed by atoms with Crippen molar-refractivity contribution in [3.8, 4) is 5.75 Å². The van der Waals surface area contributed by atoms with Gasteiger partial charge in [0.1, 0.15) is 5.75 Å². The van der Waals surface area contributed by atoms with Crippen molar-refractivity contribution < 1.29 is 14.3 Å². The van der Waals surface area contributed by atoms with Crippen LogP contribution >= 0.6 is 0 Å². The molecule has 5 nitrogen and oxygen atoms in total. The van der Waals surface area contributed by atoms with Crippen LogP contribution in [0.2, 0.25) is 0 Å². The van der Waals surface area contributed by atoms with Gasteiger partial charge in [-0.25, -0.2) is 0 Å².